The van der Waals surface area contributed by atoms with Crippen LogP contribution in [0.5, 0.6) is 0 Å². The van der Waals surface area contributed by atoms with E-state index in [1.54, 1.807) is 12.1 Å². The smallest absolute Gasteiger partial charge is 0.123 e. The molecule has 4 heteroatoms. The normalized spacial score (nSPS) is 26.4. The predicted octanol–water partition coefficient (Wildman–Crippen LogP) is 5.03. The van der Waals surface area contributed by atoms with Gasteiger partial charge in [0.15, 0.2) is 0 Å². The molecule has 0 amide bonds. The van der Waals surface area contributed by atoms with E-state index in [0.717, 1.165) is 54.6 Å². The van der Waals surface area contributed by atoms with Crippen LogP contribution in [-0.2, 0) is 12.0 Å². The standard InChI is InChI=1S/C24H23FN2O/c25-20-8-10-21(11-9-20)27-22-12-15-23(16-18(22)17-26-27)13-4-5-14-24(23,28)19-6-2-1-3-7-19/h1-3,6-12,15,17,28H,4-5,13-14,16H2/t23-,24+/m0/s1. The lowest BCUT2D eigenvalue weighted by Crippen LogP contribution is -2.49. The molecule has 142 valence electrons. The summed E-state index contributed by atoms with van der Waals surface area (Å²) in [4.78, 5) is 0. The van der Waals surface area contributed by atoms with Crippen LogP contribution in [0.1, 0.15) is 42.5 Å². The van der Waals surface area contributed by atoms with E-state index in [4.69, 9.17) is 0 Å². The highest BCUT2D eigenvalue weighted by Crippen LogP contribution is 2.55. The van der Waals surface area contributed by atoms with Gasteiger partial charge < -0.3 is 5.11 Å². The molecule has 1 fully saturated rings. The van der Waals surface area contributed by atoms with Crippen LogP contribution in [0.25, 0.3) is 11.8 Å². The molecule has 0 aliphatic heterocycles. The summed E-state index contributed by atoms with van der Waals surface area (Å²) in [5.74, 6) is -0.255. The summed E-state index contributed by atoms with van der Waals surface area (Å²) in [7, 11) is 0. The highest BCUT2D eigenvalue weighted by Gasteiger charge is 2.52. The van der Waals surface area contributed by atoms with E-state index < -0.39 is 5.60 Å². The minimum Gasteiger partial charge on any atom is -0.384 e. The molecule has 2 atom stereocenters. The third kappa shape index (κ3) is 2.55. The predicted molar refractivity (Wildman–Crippen MR) is 107 cm³/mol. The first-order valence-electron chi connectivity index (χ1n) is 9.91. The molecule has 1 N–H and O–H groups in total. The summed E-state index contributed by atoms with van der Waals surface area (Å²) in [6.45, 7) is 0. The van der Waals surface area contributed by atoms with Crippen molar-refractivity contribution in [3.05, 3.63) is 89.5 Å². The SMILES string of the molecule is O[C@@]1(c2ccccc2)CCCC[C@@]12C=Cc1c(cnn1-c1ccc(F)cc1)C2. The monoisotopic (exact) mass is 374 g/mol. The molecule has 1 spiro atoms. The number of aliphatic hydroxyl groups is 1. The van der Waals surface area contributed by atoms with Gasteiger partial charge in [-0.05, 0) is 60.7 Å². The van der Waals surface area contributed by atoms with E-state index in [9.17, 15) is 9.50 Å². The maximum Gasteiger partial charge on any atom is 0.123 e. The van der Waals surface area contributed by atoms with Crippen molar-refractivity contribution in [2.24, 2.45) is 5.41 Å². The van der Waals surface area contributed by atoms with Crippen molar-refractivity contribution in [1.82, 2.24) is 9.78 Å². The summed E-state index contributed by atoms with van der Waals surface area (Å²) in [6.07, 6.45) is 10.8. The van der Waals surface area contributed by atoms with Gasteiger partial charge in [0.1, 0.15) is 5.82 Å². The molecule has 28 heavy (non-hydrogen) atoms. The minimum atomic E-state index is -0.876. The number of benzene rings is 2. The second-order valence-corrected chi connectivity index (χ2v) is 8.04. The number of hydrogen-bond acceptors (Lipinski definition) is 2. The molecule has 0 bridgehead atoms. The molecule has 2 aliphatic carbocycles. The van der Waals surface area contributed by atoms with Gasteiger partial charge in [-0.15, -0.1) is 0 Å². The van der Waals surface area contributed by atoms with Crippen LogP contribution < -0.4 is 0 Å². The lowest BCUT2D eigenvalue weighted by molar-refractivity contribution is -0.0968. The van der Waals surface area contributed by atoms with Crippen LogP contribution in [0.4, 0.5) is 4.39 Å². The first kappa shape index (κ1) is 17.4. The van der Waals surface area contributed by atoms with Gasteiger partial charge in [-0.1, -0.05) is 49.2 Å². The third-order valence-electron chi connectivity index (χ3n) is 6.51. The fourth-order valence-corrected chi connectivity index (χ4v) is 5.01. The van der Waals surface area contributed by atoms with Gasteiger partial charge in [0, 0.05) is 5.41 Å². The van der Waals surface area contributed by atoms with Crippen molar-refractivity contribution in [3.63, 3.8) is 0 Å². The van der Waals surface area contributed by atoms with Crippen LogP contribution >= 0.6 is 0 Å². The van der Waals surface area contributed by atoms with E-state index in [1.165, 1.54) is 12.1 Å². The van der Waals surface area contributed by atoms with Crippen molar-refractivity contribution in [2.45, 2.75) is 37.7 Å². The molecule has 0 saturated heterocycles. The maximum absolute atomic E-state index is 13.3. The third-order valence-corrected chi connectivity index (χ3v) is 6.51. The number of aromatic nitrogens is 2. The van der Waals surface area contributed by atoms with Gasteiger partial charge in [-0.25, -0.2) is 9.07 Å². The topological polar surface area (TPSA) is 38.1 Å². The molecule has 0 unspecified atom stereocenters. The van der Waals surface area contributed by atoms with E-state index in [2.05, 4.69) is 17.3 Å². The van der Waals surface area contributed by atoms with Gasteiger partial charge in [0.05, 0.1) is 23.2 Å². The molecule has 2 aromatic carbocycles. The average molecular weight is 374 g/mol. The zero-order chi connectivity index (χ0) is 19.2. The van der Waals surface area contributed by atoms with Gasteiger partial charge in [0.2, 0.25) is 0 Å². The summed E-state index contributed by atoms with van der Waals surface area (Å²) in [6, 6.07) is 16.4. The highest BCUT2D eigenvalue weighted by molar-refractivity contribution is 5.58. The lowest BCUT2D eigenvalue weighted by atomic mass is 9.57. The lowest BCUT2D eigenvalue weighted by Gasteiger charge is -2.50. The van der Waals surface area contributed by atoms with Crippen LogP contribution in [0.15, 0.2) is 66.9 Å². The fourth-order valence-electron chi connectivity index (χ4n) is 5.01. The molecule has 3 nitrogen and oxygen atoms in total. The van der Waals surface area contributed by atoms with Crippen LogP contribution in [-0.4, -0.2) is 14.9 Å². The highest BCUT2D eigenvalue weighted by atomic mass is 19.1. The average Bonchev–Trinajstić information content (AvgIpc) is 3.14. The first-order valence-corrected chi connectivity index (χ1v) is 9.91. The molecular formula is C24H23FN2O. The molecule has 5 rings (SSSR count). The van der Waals surface area contributed by atoms with E-state index >= 15 is 0 Å². The van der Waals surface area contributed by atoms with Crippen molar-refractivity contribution in [2.75, 3.05) is 0 Å². The minimum absolute atomic E-state index is 0.255. The van der Waals surface area contributed by atoms with Crippen LogP contribution in [0.3, 0.4) is 0 Å². The number of rotatable bonds is 2. The van der Waals surface area contributed by atoms with Crippen molar-refractivity contribution in [1.29, 1.82) is 0 Å². The Hall–Kier alpha value is -2.72. The quantitative estimate of drug-likeness (QED) is 0.683. The number of halogens is 1. The number of fused-ring (bicyclic) bond motifs is 1. The Morgan fingerprint density at radius 1 is 0.964 bits per heavy atom. The second kappa shape index (κ2) is 6.42. The van der Waals surface area contributed by atoms with Gasteiger partial charge >= 0.3 is 0 Å². The van der Waals surface area contributed by atoms with Crippen molar-refractivity contribution in [3.8, 4) is 5.69 Å². The van der Waals surface area contributed by atoms with Crippen molar-refractivity contribution >= 4 is 6.08 Å². The Balaban J connectivity index is 1.57. The maximum atomic E-state index is 13.3. The number of nitrogens with zero attached hydrogens (tertiary/aromatic N) is 2. The first-order chi connectivity index (χ1) is 13.6. The Morgan fingerprint density at radius 3 is 2.50 bits per heavy atom. The molecule has 1 aromatic heterocycles. The molecule has 1 saturated carbocycles. The van der Waals surface area contributed by atoms with Crippen LogP contribution in [0.2, 0.25) is 0 Å². The van der Waals surface area contributed by atoms with E-state index in [0.29, 0.717) is 0 Å². The number of hydrogen-bond donors (Lipinski definition) is 1. The summed E-state index contributed by atoms with van der Waals surface area (Å²) in [5.41, 5.74) is 2.77. The van der Waals surface area contributed by atoms with Crippen molar-refractivity contribution < 1.29 is 9.50 Å². The second-order valence-electron chi connectivity index (χ2n) is 8.04. The zero-order valence-electron chi connectivity index (χ0n) is 15.7. The fraction of sp³-hybridized carbons (Fsp3) is 0.292. The Labute approximate surface area is 164 Å². The Kier molecular flexibility index (Phi) is 3.98. The largest absolute Gasteiger partial charge is 0.384 e. The summed E-state index contributed by atoms with van der Waals surface area (Å²) < 4.78 is 15.1. The Morgan fingerprint density at radius 2 is 1.71 bits per heavy atom. The van der Waals surface area contributed by atoms with E-state index in [1.807, 2.05) is 41.2 Å². The molecule has 0 radical (unpaired) electrons. The van der Waals surface area contributed by atoms with Gasteiger partial charge in [0.25, 0.3) is 0 Å². The van der Waals surface area contributed by atoms with Crippen LogP contribution in [0, 0.1) is 11.2 Å². The zero-order valence-corrected chi connectivity index (χ0v) is 15.7. The van der Waals surface area contributed by atoms with Gasteiger partial charge in [-0.2, -0.15) is 5.10 Å². The van der Waals surface area contributed by atoms with E-state index in [-0.39, 0.29) is 11.2 Å². The summed E-state index contributed by atoms with van der Waals surface area (Å²) >= 11 is 0. The molecule has 2 aliphatic rings. The Bertz CT molecular complexity index is 1020. The molecule has 1 heterocycles. The molecule has 3 aromatic rings. The molecular weight excluding hydrogens is 351 g/mol. The summed E-state index contributed by atoms with van der Waals surface area (Å²) in [5, 5.41) is 16.4. The van der Waals surface area contributed by atoms with Gasteiger partial charge in [-0.3, -0.25) is 0 Å².